The Labute approximate surface area is 199 Å². The van der Waals surface area contributed by atoms with Crippen LogP contribution in [0.3, 0.4) is 0 Å². The molecule has 0 unspecified atom stereocenters. The van der Waals surface area contributed by atoms with Gasteiger partial charge in [-0.15, -0.1) is 0 Å². The number of aryl methyl sites for hydroxylation is 1. The minimum Gasteiger partial charge on any atom is -0.496 e. The largest absolute Gasteiger partial charge is 0.496 e. The van der Waals surface area contributed by atoms with Gasteiger partial charge < -0.3 is 10.5 Å². The first-order chi connectivity index (χ1) is 15.6. The number of benzene rings is 2. The van der Waals surface area contributed by atoms with Crippen molar-refractivity contribution in [3.05, 3.63) is 60.2 Å². The van der Waals surface area contributed by atoms with E-state index in [0.29, 0.717) is 0 Å². The molecule has 3 nitrogen and oxygen atoms in total. The molecule has 32 heavy (non-hydrogen) atoms. The summed E-state index contributed by atoms with van der Waals surface area (Å²) >= 11 is 0. The Hall–Kier alpha value is -2.29. The zero-order valence-corrected chi connectivity index (χ0v) is 21.9. The number of rotatable bonds is 4. The average molecular weight is 443 g/mol. The van der Waals surface area contributed by atoms with Gasteiger partial charge in [-0.1, -0.05) is 123 Å². The van der Waals surface area contributed by atoms with E-state index in [0.717, 1.165) is 29.3 Å². The fourth-order valence-corrected chi connectivity index (χ4v) is 2.90. The molecule has 0 aliphatic heterocycles. The van der Waals surface area contributed by atoms with E-state index in [2.05, 4.69) is 32.7 Å². The van der Waals surface area contributed by atoms with Gasteiger partial charge >= 0.3 is 0 Å². The van der Waals surface area contributed by atoms with Crippen LogP contribution in [0.25, 0.3) is 0 Å². The maximum Gasteiger partial charge on any atom is 0.122 e. The highest BCUT2D eigenvalue weighted by Crippen LogP contribution is 2.24. The first-order valence-electron chi connectivity index (χ1n) is 12.5. The molecule has 182 valence electrons. The molecule has 2 aromatic carbocycles. The minimum atomic E-state index is 0.861. The molecule has 2 N–H and O–H groups in total. The smallest absolute Gasteiger partial charge is 0.122 e. The van der Waals surface area contributed by atoms with Crippen molar-refractivity contribution in [1.82, 2.24) is 0 Å². The zero-order valence-electron chi connectivity index (χ0n) is 21.9. The fourth-order valence-electron chi connectivity index (χ4n) is 2.90. The lowest BCUT2D eigenvalue weighted by molar-refractivity contribution is 0.385. The van der Waals surface area contributed by atoms with E-state index in [1.54, 1.807) is 7.11 Å². The van der Waals surface area contributed by atoms with Gasteiger partial charge in [0.1, 0.15) is 5.75 Å². The summed E-state index contributed by atoms with van der Waals surface area (Å²) in [4.78, 5) is 3.99. The highest BCUT2D eigenvalue weighted by molar-refractivity contribution is 5.60. The van der Waals surface area contributed by atoms with Crippen LogP contribution in [-0.2, 0) is 6.42 Å². The summed E-state index contributed by atoms with van der Waals surface area (Å²) in [5.41, 5.74) is 7.21. The summed E-state index contributed by atoms with van der Waals surface area (Å²) in [6, 6.07) is 17.8. The first kappa shape index (κ1) is 31.9. The van der Waals surface area contributed by atoms with E-state index < -0.39 is 0 Å². The lowest BCUT2D eigenvalue weighted by Crippen LogP contribution is -1.99. The van der Waals surface area contributed by atoms with Gasteiger partial charge in [0, 0.05) is 0 Å². The van der Waals surface area contributed by atoms with Crippen LogP contribution in [0.15, 0.2) is 59.6 Å². The molecule has 0 heterocycles. The van der Waals surface area contributed by atoms with Gasteiger partial charge in [-0.05, 0) is 36.1 Å². The van der Waals surface area contributed by atoms with Crippen molar-refractivity contribution in [1.29, 1.82) is 0 Å². The van der Waals surface area contributed by atoms with Crippen LogP contribution in [0.5, 0.6) is 5.75 Å². The van der Waals surface area contributed by atoms with Crippen molar-refractivity contribution in [2.45, 2.75) is 92.9 Å². The second-order valence-corrected chi connectivity index (χ2v) is 7.53. The molecule has 1 saturated carbocycles. The third-order valence-corrected chi connectivity index (χ3v) is 4.93. The second-order valence-electron chi connectivity index (χ2n) is 7.53. The van der Waals surface area contributed by atoms with Crippen molar-refractivity contribution in [3.63, 3.8) is 0 Å². The lowest BCUT2D eigenvalue weighted by atomic mass is 9.91. The third-order valence-electron chi connectivity index (χ3n) is 4.93. The number of hydrogen-bond donors (Lipinski definition) is 1. The van der Waals surface area contributed by atoms with Gasteiger partial charge in [0.05, 0.1) is 19.1 Å². The third kappa shape index (κ3) is 18.5. The maximum atomic E-state index is 5.20. The summed E-state index contributed by atoms with van der Waals surface area (Å²) in [6.45, 7) is 12.8. The Morgan fingerprint density at radius 1 is 0.906 bits per heavy atom. The molecule has 0 amide bonds. The number of unbranched alkanes of at least 4 members (excludes halogenated alkanes) is 1. The van der Waals surface area contributed by atoms with Gasteiger partial charge in [0.15, 0.2) is 0 Å². The molecule has 3 heteroatoms. The molecule has 2 aromatic rings. The van der Waals surface area contributed by atoms with Crippen molar-refractivity contribution < 1.29 is 4.74 Å². The Bertz CT molecular complexity index is 606. The normalized spacial score (nSPS) is 12.5. The van der Waals surface area contributed by atoms with E-state index in [-0.39, 0.29) is 0 Å². The highest BCUT2D eigenvalue weighted by atomic mass is 16.5. The van der Waals surface area contributed by atoms with Crippen LogP contribution in [0.2, 0.25) is 0 Å². The van der Waals surface area contributed by atoms with Gasteiger partial charge in [-0.3, -0.25) is 0 Å². The lowest BCUT2D eigenvalue weighted by Gasteiger charge is -2.15. The summed E-state index contributed by atoms with van der Waals surface area (Å²) in [5.74, 6) is 1.94. The summed E-state index contributed by atoms with van der Waals surface area (Å²) in [6.07, 6.45) is 12.3. The second kappa shape index (κ2) is 25.0. The standard InChI is InChI=1S/C10H14N2O.C7H14.C6H6.C4H10.C2H6/c1-3-8-6-9(12-7-11)4-5-10(8)13-2;1-7-5-3-2-4-6-7;1-2-4-6-5-3-1;1-3-4-2;1-2/h4-7H,3H2,1-2H3,(H2,11,12);7H,2-6H2,1H3;1-6H;3-4H2,1-2H3;1-2H3. The number of ether oxygens (including phenoxy) is 1. The Balaban J connectivity index is 0. The Morgan fingerprint density at radius 3 is 1.72 bits per heavy atom. The van der Waals surface area contributed by atoms with Crippen LogP contribution in [-0.4, -0.2) is 13.4 Å². The van der Waals surface area contributed by atoms with Crippen LogP contribution in [0.4, 0.5) is 5.69 Å². The molecule has 0 saturated heterocycles. The van der Waals surface area contributed by atoms with Crippen molar-refractivity contribution in [3.8, 4) is 5.75 Å². The van der Waals surface area contributed by atoms with E-state index in [1.165, 1.54) is 51.3 Å². The van der Waals surface area contributed by atoms with Crippen LogP contribution < -0.4 is 10.5 Å². The minimum absolute atomic E-state index is 0.861. The molecule has 0 spiro atoms. The molecule has 0 atom stereocenters. The summed E-state index contributed by atoms with van der Waals surface area (Å²) < 4.78 is 5.19. The topological polar surface area (TPSA) is 47.6 Å². The predicted octanol–water partition coefficient (Wildman–Crippen LogP) is 8.98. The van der Waals surface area contributed by atoms with Crippen LogP contribution >= 0.6 is 0 Å². The maximum absolute atomic E-state index is 5.20. The van der Waals surface area contributed by atoms with Crippen molar-refractivity contribution in [2.24, 2.45) is 16.6 Å². The molecular formula is C29H50N2O. The molecular weight excluding hydrogens is 392 g/mol. The molecule has 0 bridgehead atoms. The van der Waals surface area contributed by atoms with E-state index in [9.17, 15) is 0 Å². The zero-order chi connectivity index (χ0) is 24.5. The molecule has 1 aliphatic rings. The monoisotopic (exact) mass is 442 g/mol. The van der Waals surface area contributed by atoms with E-state index >= 15 is 0 Å². The SMILES string of the molecule is CC.CC1CCCCC1.CCCC.CCc1cc(N=CN)ccc1OC.c1ccccc1. The molecule has 0 aromatic heterocycles. The average Bonchev–Trinajstić information content (AvgIpc) is 2.88. The van der Waals surface area contributed by atoms with Gasteiger partial charge in [0.25, 0.3) is 0 Å². The highest BCUT2D eigenvalue weighted by Gasteiger charge is 2.06. The number of nitrogens with zero attached hydrogens (tertiary/aromatic N) is 1. The van der Waals surface area contributed by atoms with Gasteiger partial charge in [0.2, 0.25) is 0 Å². The van der Waals surface area contributed by atoms with Crippen molar-refractivity contribution in [2.75, 3.05) is 7.11 Å². The molecule has 3 rings (SSSR count). The van der Waals surface area contributed by atoms with E-state index in [1.807, 2.05) is 68.4 Å². The van der Waals surface area contributed by atoms with Crippen LogP contribution in [0.1, 0.15) is 92.1 Å². The molecule has 0 radical (unpaired) electrons. The van der Waals surface area contributed by atoms with Gasteiger partial charge in [-0.25, -0.2) is 4.99 Å². The molecule has 1 aliphatic carbocycles. The summed E-state index contributed by atoms with van der Waals surface area (Å²) in [7, 11) is 1.67. The Kier molecular flexibility index (Phi) is 24.9. The van der Waals surface area contributed by atoms with Crippen molar-refractivity contribution >= 4 is 12.0 Å². The number of aliphatic imine (C=N–C) groups is 1. The van der Waals surface area contributed by atoms with Crippen LogP contribution in [0, 0.1) is 5.92 Å². The first-order valence-corrected chi connectivity index (χ1v) is 12.5. The van der Waals surface area contributed by atoms with Gasteiger partial charge in [-0.2, -0.15) is 0 Å². The number of hydrogen-bond acceptors (Lipinski definition) is 2. The fraction of sp³-hybridized carbons (Fsp3) is 0.552. The quantitative estimate of drug-likeness (QED) is 0.379. The predicted molar refractivity (Wildman–Crippen MR) is 145 cm³/mol. The summed E-state index contributed by atoms with van der Waals surface area (Å²) in [5, 5.41) is 0. The number of methoxy groups -OCH3 is 1. The van der Waals surface area contributed by atoms with E-state index in [4.69, 9.17) is 10.5 Å². The Morgan fingerprint density at radius 2 is 1.41 bits per heavy atom. The number of nitrogens with two attached hydrogens (primary N) is 1. The molecule has 1 fully saturated rings.